The fraction of sp³-hybridized carbons (Fsp3) is 0.312. The summed E-state index contributed by atoms with van der Waals surface area (Å²) >= 11 is 0. The van der Waals surface area contributed by atoms with Gasteiger partial charge in [0, 0.05) is 25.4 Å². The Kier molecular flexibility index (Phi) is 5.00. The van der Waals surface area contributed by atoms with Gasteiger partial charge in [0.1, 0.15) is 12.3 Å². The van der Waals surface area contributed by atoms with E-state index in [2.05, 4.69) is 4.98 Å². The van der Waals surface area contributed by atoms with Crippen LogP contribution in [0.15, 0.2) is 40.1 Å². The van der Waals surface area contributed by atoms with Crippen molar-refractivity contribution in [2.24, 2.45) is 0 Å². The van der Waals surface area contributed by atoms with Gasteiger partial charge in [0.15, 0.2) is 0 Å². The van der Waals surface area contributed by atoms with Crippen molar-refractivity contribution in [2.45, 2.75) is 20.0 Å². The van der Waals surface area contributed by atoms with Gasteiger partial charge in [0.05, 0.1) is 7.11 Å². The van der Waals surface area contributed by atoms with E-state index >= 15 is 0 Å². The first-order chi connectivity index (χ1) is 10.9. The van der Waals surface area contributed by atoms with Crippen LogP contribution in [0.5, 0.6) is 5.75 Å². The van der Waals surface area contributed by atoms with Crippen molar-refractivity contribution < 1.29 is 9.53 Å². The van der Waals surface area contributed by atoms with Crippen molar-refractivity contribution >= 4 is 5.91 Å². The summed E-state index contributed by atoms with van der Waals surface area (Å²) in [4.78, 5) is 39.0. The summed E-state index contributed by atoms with van der Waals surface area (Å²) in [7, 11) is 3.24. The number of rotatable bonds is 5. The number of methoxy groups -OCH3 is 1. The third kappa shape index (κ3) is 4.09. The van der Waals surface area contributed by atoms with Crippen LogP contribution in [-0.2, 0) is 17.9 Å². The molecule has 0 saturated carbocycles. The molecule has 122 valence electrons. The minimum atomic E-state index is -0.594. The molecule has 0 saturated heterocycles. The van der Waals surface area contributed by atoms with Crippen molar-refractivity contribution in [1.29, 1.82) is 0 Å². The van der Waals surface area contributed by atoms with E-state index in [9.17, 15) is 14.4 Å². The highest BCUT2D eigenvalue weighted by Gasteiger charge is 2.12. The van der Waals surface area contributed by atoms with Crippen LogP contribution in [0.25, 0.3) is 0 Å². The largest absolute Gasteiger partial charge is 0.497 e. The molecule has 0 aliphatic heterocycles. The van der Waals surface area contributed by atoms with E-state index in [1.165, 1.54) is 15.7 Å². The normalized spacial score (nSPS) is 10.4. The van der Waals surface area contributed by atoms with E-state index < -0.39 is 11.2 Å². The molecule has 0 spiro atoms. The Morgan fingerprint density at radius 1 is 1.35 bits per heavy atom. The van der Waals surface area contributed by atoms with Crippen LogP contribution in [0.4, 0.5) is 0 Å². The minimum Gasteiger partial charge on any atom is -0.497 e. The molecule has 0 aliphatic carbocycles. The molecule has 1 heterocycles. The number of nitrogens with one attached hydrogen (secondary N) is 1. The second-order valence-electron chi connectivity index (χ2n) is 5.30. The second kappa shape index (κ2) is 6.95. The van der Waals surface area contributed by atoms with Crippen molar-refractivity contribution in [3.63, 3.8) is 0 Å². The molecule has 0 fully saturated rings. The zero-order valence-electron chi connectivity index (χ0n) is 13.3. The van der Waals surface area contributed by atoms with Gasteiger partial charge in [-0.3, -0.25) is 19.1 Å². The summed E-state index contributed by atoms with van der Waals surface area (Å²) in [5.74, 6) is 0.484. The summed E-state index contributed by atoms with van der Waals surface area (Å²) in [5, 5.41) is 0. The number of benzene rings is 1. The second-order valence-corrected chi connectivity index (χ2v) is 5.30. The molecule has 1 aromatic heterocycles. The number of hydrogen-bond donors (Lipinski definition) is 1. The SMILES string of the molecule is COc1cccc(CN(C)C(=O)Cn2cc(C)c(=O)[nH]c2=O)c1. The van der Waals surface area contributed by atoms with E-state index in [-0.39, 0.29) is 12.5 Å². The topological polar surface area (TPSA) is 84.4 Å². The number of H-pyrrole nitrogens is 1. The van der Waals surface area contributed by atoms with E-state index in [0.717, 1.165) is 11.3 Å². The zero-order chi connectivity index (χ0) is 17.0. The third-order valence-corrected chi connectivity index (χ3v) is 3.47. The number of nitrogens with zero attached hydrogens (tertiary/aromatic N) is 2. The van der Waals surface area contributed by atoms with Gasteiger partial charge in [0.25, 0.3) is 5.56 Å². The third-order valence-electron chi connectivity index (χ3n) is 3.47. The van der Waals surface area contributed by atoms with E-state index in [1.54, 1.807) is 21.1 Å². The van der Waals surface area contributed by atoms with Crippen LogP contribution in [0.1, 0.15) is 11.1 Å². The van der Waals surface area contributed by atoms with Crippen molar-refractivity contribution in [3.8, 4) is 5.75 Å². The summed E-state index contributed by atoms with van der Waals surface area (Å²) in [6, 6.07) is 7.42. The first-order valence-electron chi connectivity index (χ1n) is 7.08. The number of likely N-dealkylation sites (N-methyl/N-ethyl adjacent to an activating group) is 1. The molecule has 1 N–H and O–H groups in total. The maximum Gasteiger partial charge on any atom is 0.328 e. The first kappa shape index (κ1) is 16.5. The monoisotopic (exact) mass is 317 g/mol. The van der Waals surface area contributed by atoms with Gasteiger partial charge in [0.2, 0.25) is 5.91 Å². The Bertz CT molecular complexity index is 823. The molecule has 0 atom stereocenters. The summed E-state index contributed by atoms with van der Waals surface area (Å²) < 4.78 is 6.35. The van der Waals surface area contributed by atoms with Gasteiger partial charge in [-0.1, -0.05) is 12.1 Å². The zero-order valence-corrected chi connectivity index (χ0v) is 13.3. The number of amides is 1. The molecule has 1 aromatic carbocycles. The van der Waals surface area contributed by atoms with Crippen LogP contribution in [0.3, 0.4) is 0 Å². The van der Waals surface area contributed by atoms with Crippen LogP contribution >= 0.6 is 0 Å². The highest BCUT2D eigenvalue weighted by atomic mass is 16.5. The number of ether oxygens (including phenoxy) is 1. The Hall–Kier alpha value is -2.83. The van der Waals surface area contributed by atoms with E-state index in [4.69, 9.17) is 4.74 Å². The molecule has 0 unspecified atom stereocenters. The van der Waals surface area contributed by atoms with Gasteiger partial charge in [-0.25, -0.2) is 4.79 Å². The van der Waals surface area contributed by atoms with Gasteiger partial charge >= 0.3 is 5.69 Å². The quantitative estimate of drug-likeness (QED) is 0.871. The van der Waals surface area contributed by atoms with Gasteiger partial charge in [-0.05, 0) is 24.6 Å². The van der Waals surface area contributed by atoms with Crippen molar-refractivity contribution in [2.75, 3.05) is 14.2 Å². The molecule has 2 aromatic rings. The predicted molar refractivity (Wildman–Crippen MR) is 85.5 cm³/mol. The first-order valence-corrected chi connectivity index (χ1v) is 7.08. The molecule has 0 bridgehead atoms. The van der Waals surface area contributed by atoms with Crippen LogP contribution in [0, 0.1) is 6.92 Å². The summed E-state index contributed by atoms with van der Waals surface area (Å²) in [5.41, 5.74) is 0.269. The average Bonchev–Trinajstić information content (AvgIpc) is 2.52. The lowest BCUT2D eigenvalue weighted by Crippen LogP contribution is -2.37. The number of carbonyl (C=O) groups excluding carboxylic acids is 1. The number of aromatic amines is 1. The van der Waals surface area contributed by atoms with E-state index in [1.807, 2.05) is 24.3 Å². The molecular weight excluding hydrogens is 298 g/mol. The lowest BCUT2D eigenvalue weighted by Gasteiger charge is -2.18. The number of carbonyl (C=O) groups is 1. The lowest BCUT2D eigenvalue weighted by atomic mass is 10.2. The smallest absolute Gasteiger partial charge is 0.328 e. The predicted octanol–water partition coefficient (Wildman–Crippen LogP) is 0.512. The van der Waals surface area contributed by atoms with Crippen LogP contribution < -0.4 is 16.0 Å². The van der Waals surface area contributed by atoms with Crippen molar-refractivity contribution in [3.05, 3.63) is 62.4 Å². The Morgan fingerprint density at radius 2 is 2.09 bits per heavy atom. The van der Waals surface area contributed by atoms with Gasteiger partial charge < -0.3 is 9.64 Å². The maximum atomic E-state index is 12.3. The fourth-order valence-electron chi connectivity index (χ4n) is 2.14. The highest BCUT2D eigenvalue weighted by molar-refractivity contribution is 5.75. The number of aromatic nitrogens is 2. The Balaban J connectivity index is 2.09. The molecule has 1 amide bonds. The highest BCUT2D eigenvalue weighted by Crippen LogP contribution is 2.13. The molecule has 2 rings (SSSR count). The molecule has 0 radical (unpaired) electrons. The molecular formula is C16H19N3O4. The fourth-order valence-corrected chi connectivity index (χ4v) is 2.14. The van der Waals surface area contributed by atoms with Gasteiger partial charge in [-0.2, -0.15) is 0 Å². The number of aryl methyl sites for hydroxylation is 1. The molecule has 23 heavy (non-hydrogen) atoms. The maximum absolute atomic E-state index is 12.3. The summed E-state index contributed by atoms with van der Waals surface area (Å²) in [6.45, 7) is 1.85. The molecule has 7 nitrogen and oxygen atoms in total. The van der Waals surface area contributed by atoms with Crippen LogP contribution in [-0.4, -0.2) is 34.5 Å². The van der Waals surface area contributed by atoms with E-state index in [0.29, 0.717) is 12.1 Å². The Morgan fingerprint density at radius 3 is 2.78 bits per heavy atom. The number of hydrogen-bond acceptors (Lipinski definition) is 4. The average molecular weight is 317 g/mol. The Labute approximate surface area is 133 Å². The van der Waals surface area contributed by atoms with Crippen LogP contribution in [0.2, 0.25) is 0 Å². The molecule has 0 aliphatic rings. The van der Waals surface area contributed by atoms with Crippen molar-refractivity contribution in [1.82, 2.24) is 14.5 Å². The standard InChI is InChI=1S/C16H19N3O4/c1-11-8-19(16(22)17-15(11)21)10-14(20)18(2)9-12-5-4-6-13(7-12)23-3/h4-8H,9-10H2,1-3H3,(H,17,21,22). The summed E-state index contributed by atoms with van der Waals surface area (Å²) in [6.07, 6.45) is 1.39. The van der Waals surface area contributed by atoms with Gasteiger partial charge in [-0.15, -0.1) is 0 Å². The minimum absolute atomic E-state index is 0.128. The lowest BCUT2D eigenvalue weighted by molar-refractivity contribution is -0.131. The molecule has 7 heteroatoms.